The van der Waals surface area contributed by atoms with E-state index in [4.69, 9.17) is 6.42 Å². The van der Waals surface area contributed by atoms with Crippen LogP contribution in [0.5, 0.6) is 0 Å². The summed E-state index contributed by atoms with van der Waals surface area (Å²) in [6, 6.07) is 3.50. The molecule has 0 aromatic heterocycles. The molecule has 0 spiro atoms. The van der Waals surface area contributed by atoms with E-state index in [1.54, 1.807) is 0 Å². The average molecular weight is 223 g/mol. The average Bonchev–Trinajstić information content (AvgIpc) is 2.28. The lowest BCUT2D eigenvalue weighted by Crippen LogP contribution is -2.30. The third-order valence-corrected chi connectivity index (χ3v) is 2.31. The molecule has 0 aliphatic rings. The Labute approximate surface area is 94.9 Å². The molecular weight excluding hydrogens is 208 g/mol. The van der Waals surface area contributed by atoms with Crippen molar-refractivity contribution in [2.24, 2.45) is 0 Å². The van der Waals surface area contributed by atoms with E-state index in [9.17, 15) is 8.78 Å². The molecule has 0 aliphatic heterocycles. The van der Waals surface area contributed by atoms with Crippen LogP contribution >= 0.6 is 0 Å². The van der Waals surface area contributed by atoms with Crippen LogP contribution in [0.4, 0.5) is 8.78 Å². The third kappa shape index (κ3) is 3.32. The minimum absolute atomic E-state index is 0.0500. The summed E-state index contributed by atoms with van der Waals surface area (Å²) in [5, 5.41) is 3.05. The fraction of sp³-hybridized carbons (Fsp3) is 0.385. The second kappa shape index (κ2) is 6.24. The van der Waals surface area contributed by atoms with Gasteiger partial charge in [-0.1, -0.05) is 18.9 Å². The highest BCUT2D eigenvalue weighted by Gasteiger charge is 2.13. The van der Waals surface area contributed by atoms with Crippen LogP contribution in [0.25, 0.3) is 0 Å². The van der Waals surface area contributed by atoms with Crippen LogP contribution in [0, 0.1) is 24.0 Å². The van der Waals surface area contributed by atoms with Crippen LogP contribution in [0.15, 0.2) is 18.2 Å². The van der Waals surface area contributed by atoms with Gasteiger partial charge in [0.1, 0.15) is 11.6 Å². The smallest absolute Gasteiger partial charge is 0.129 e. The minimum Gasteiger partial charge on any atom is -0.303 e. The normalized spacial score (nSPS) is 12.1. The van der Waals surface area contributed by atoms with E-state index < -0.39 is 11.6 Å². The first-order chi connectivity index (χ1) is 7.69. The summed E-state index contributed by atoms with van der Waals surface area (Å²) in [4.78, 5) is 0. The first kappa shape index (κ1) is 12.7. The molecule has 1 rings (SSSR count). The number of halogens is 2. The highest BCUT2D eigenvalue weighted by Crippen LogP contribution is 2.13. The molecule has 16 heavy (non-hydrogen) atoms. The first-order valence-electron chi connectivity index (χ1n) is 5.31. The van der Waals surface area contributed by atoms with Crippen LogP contribution in [0.3, 0.4) is 0 Å². The molecule has 0 fully saturated rings. The molecule has 0 heterocycles. The topological polar surface area (TPSA) is 12.0 Å². The van der Waals surface area contributed by atoms with Gasteiger partial charge >= 0.3 is 0 Å². The van der Waals surface area contributed by atoms with Gasteiger partial charge in [-0.2, -0.15) is 0 Å². The molecule has 0 aliphatic carbocycles. The highest BCUT2D eigenvalue weighted by molar-refractivity contribution is 5.22. The molecule has 0 radical (unpaired) electrons. The van der Waals surface area contributed by atoms with Crippen molar-refractivity contribution in [3.05, 3.63) is 35.4 Å². The number of hydrogen-bond donors (Lipinski definition) is 1. The van der Waals surface area contributed by atoms with Crippen molar-refractivity contribution < 1.29 is 8.78 Å². The Balaban J connectivity index is 2.74. The Hall–Kier alpha value is -1.40. The lowest BCUT2D eigenvalue weighted by Gasteiger charge is -2.13. The van der Waals surface area contributed by atoms with Crippen molar-refractivity contribution in [3.8, 4) is 12.3 Å². The summed E-state index contributed by atoms with van der Waals surface area (Å²) < 4.78 is 26.7. The summed E-state index contributed by atoms with van der Waals surface area (Å²) in [5.74, 6) is 1.41. The lowest BCUT2D eigenvalue weighted by atomic mass is 10.1. The first-order valence-corrected chi connectivity index (χ1v) is 5.31. The predicted octanol–water partition coefficient (Wildman–Crippen LogP) is 2.51. The van der Waals surface area contributed by atoms with E-state index in [2.05, 4.69) is 11.2 Å². The van der Waals surface area contributed by atoms with Gasteiger partial charge in [0.05, 0.1) is 6.04 Å². The maximum Gasteiger partial charge on any atom is 0.129 e. The van der Waals surface area contributed by atoms with Crippen LogP contribution in [0.1, 0.15) is 18.9 Å². The van der Waals surface area contributed by atoms with Gasteiger partial charge in [0.25, 0.3) is 0 Å². The molecular formula is C13H15F2N. The third-order valence-electron chi connectivity index (χ3n) is 2.31. The van der Waals surface area contributed by atoms with Crippen molar-refractivity contribution in [1.29, 1.82) is 0 Å². The molecule has 0 amide bonds. The molecule has 86 valence electrons. The quantitative estimate of drug-likeness (QED) is 0.756. The van der Waals surface area contributed by atoms with E-state index in [0.717, 1.165) is 13.0 Å². The van der Waals surface area contributed by atoms with Gasteiger partial charge in [-0.3, -0.25) is 0 Å². The van der Waals surface area contributed by atoms with Crippen LogP contribution in [-0.4, -0.2) is 12.6 Å². The molecule has 1 aromatic carbocycles. The molecule has 0 saturated carbocycles. The van der Waals surface area contributed by atoms with Crippen molar-refractivity contribution in [2.45, 2.75) is 25.8 Å². The van der Waals surface area contributed by atoms with E-state index >= 15 is 0 Å². The Morgan fingerprint density at radius 2 is 2.00 bits per heavy atom. The largest absolute Gasteiger partial charge is 0.303 e. The minimum atomic E-state index is -0.543. The Bertz CT molecular complexity index is 362. The lowest BCUT2D eigenvalue weighted by molar-refractivity contribution is 0.526. The number of hydrogen-bond acceptors (Lipinski definition) is 1. The summed E-state index contributed by atoms with van der Waals surface area (Å²) in [6.07, 6.45) is 6.41. The van der Waals surface area contributed by atoms with Gasteiger partial charge in [0.2, 0.25) is 0 Å². The van der Waals surface area contributed by atoms with Gasteiger partial charge < -0.3 is 5.32 Å². The molecule has 1 nitrogen and oxygen atoms in total. The molecule has 1 aromatic rings. The number of terminal acetylenes is 1. The van der Waals surface area contributed by atoms with Crippen LogP contribution in [0.2, 0.25) is 0 Å². The summed E-state index contributed by atoms with van der Waals surface area (Å²) in [7, 11) is 0. The second-order valence-electron chi connectivity index (χ2n) is 3.58. The van der Waals surface area contributed by atoms with Crippen molar-refractivity contribution in [2.75, 3.05) is 6.54 Å². The van der Waals surface area contributed by atoms with Crippen molar-refractivity contribution in [3.63, 3.8) is 0 Å². The Morgan fingerprint density at radius 3 is 2.50 bits per heavy atom. The van der Waals surface area contributed by atoms with E-state index in [1.807, 2.05) is 6.92 Å². The van der Waals surface area contributed by atoms with Gasteiger partial charge in [-0.15, -0.1) is 6.42 Å². The van der Waals surface area contributed by atoms with Gasteiger partial charge in [0.15, 0.2) is 0 Å². The van der Waals surface area contributed by atoms with Gasteiger partial charge in [-0.05, 0) is 25.1 Å². The van der Waals surface area contributed by atoms with Gasteiger partial charge in [0, 0.05) is 12.0 Å². The number of nitrogens with one attached hydrogen (secondary N) is 1. The van der Waals surface area contributed by atoms with E-state index in [-0.39, 0.29) is 18.0 Å². The predicted molar refractivity (Wildman–Crippen MR) is 61.0 cm³/mol. The SMILES string of the molecule is C#CC(Cc1c(F)cccc1F)NCCC. The molecule has 0 saturated heterocycles. The van der Waals surface area contributed by atoms with Gasteiger partial charge in [-0.25, -0.2) is 8.78 Å². The van der Waals surface area contributed by atoms with Crippen LogP contribution < -0.4 is 5.32 Å². The highest BCUT2D eigenvalue weighted by atomic mass is 19.1. The number of benzene rings is 1. The molecule has 1 atom stereocenters. The standard InChI is InChI=1S/C13H15F2N/c1-3-8-16-10(4-2)9-11-12(14)6-5-7-13(11)15/h2,5-7,10,16H,3,8-9H2,1H3. The Kier molecular flexibility index (Phi) is 4.94. The summed E-state index contributed by atoms with van der Waals surface area (Å²) in [5.41, 5.74) is 0.0500. The fourth-order valence-electron chi connectivity index (χ4n) is 1.44. The molecule has 0 bridgehead atoms. The summed E-state index contributed by atoms with van der Waals surface area (Å²) in [6.45, 7) is 2.75. The maximum atomic E-state index is 13.3. The van der Waals surface area contributed by atoms with E-state index in [1.165, 1.54) is 18.2 Å². The van der Waals surface area contributed by atoms with Crippen molar-refractivity contribution >= 4 is 0 Å². The zero-order valence-electron chi connectivity index (χ0n) is 9.26. The zero-order chi connectivity index (χ0) is 12.0. The zero-order valence-corrected chi connectivity index (χ0v) is 9.26. The maximum absolute atomic E-state index is 13.3. The fourth-order valence-corrected chi connectivity index (χ4v) is 1.44. The second-order valence-corrected chi connectivity index (χ2v) is 3.58. The number of rotatable bonds is 5. The monoisotopic (exact) mass is 223 g/mol. The summed E-state index contributed by atoms with van der Waals surface area (Å²) >= 11 is 0. The van der Waals surface area contributed by atoms with E-state index in [0.29, 0.717) is 0 Å². The van der Waals surface area contributed by atoms with Crippen LogP contribution in [-0.2, 0) is 6.42 Å². The molecule has 1 unspecified atom stereocenters. The Morgan fingerprint density at radius 1 is 1.38 bits per heavy atom. The molecule has 1 N–H and O–H groups in total. The van der Waals surface area contributed by atoms with Crippen molar-refractivity contribution in [1.82, 2.24) is 5.32 Å². The molecule has 3 heteroatoms.